The second-order valence-corrected chi connectivity index (χ2v) is 10.0. The highest BCUT2D eigenvalue weighted by molar-refractivity contribution is 7.89. The predicted molar refractivity (Wildman–Crippen MR) is 130 cm³/mol. The van der Waals surface area contributed by atoms with Gasteiger partial charge in [-0.05, 0) is 61.2 Å². The van der Waals surface area contributed by atoms with Gasteiger partial charge in [-0.3, -0.25) is 9.59 Å². The quantitative estimate of drug-likeness (QED) is 0.531. The number of carbonyl (C=O) groups excluding carboxylic acids is 2. The fraction of sp³-hybridized carbons (Fsp3) is 0.360. The number of rotatable bonds is 9. The maximum Gasteiger partial charge on any atom is 0.251 e. The van der Waals surface area contributed by atoms with E-state index in [9.17, 15) is 18.0 Å². The Morgan fingerprint density at radius 3 is 2.59 bits per heavy atom. The van der Waals surface area contributed by atoms with Crippen molar-refractivity contribution < 1.29 is 22.7 Å². The Labute approximate surface area is 201 Å². The summed E-state index contributed by atoms with van der Waals surface area (Å²) in [5.41, 5.74) is 1.37. The van der Waals surface area contributed by atoms with E-state index in [4.69, 9.17) is 4.74 Å². The molecule has 0 radical (unpaired) electrons. The molecule has 1 heterocycles. The van der Waals surface area contributed by atoms with Gasteiger partial charge in [-0.2, -0.15) is 4.31 Å². The zero-order chi connectivity index (χ0) is 24.6. The van der Waals surface area contributed by atoms with E-state index in [1.165, 1.54) is 34.6 Å². The van der Waals surface area contributed by atoms with Gasteiger partial charge in [-0.25, -0.2) is 8.42 Å². The molecule has 0 aromatic heterocycles. The molecule has 0 saturated carbocycles. The van der Waals surface area contributed by atoms with Crippen LogP contribution in [0.3, 0.4) is 0 Å². The molecule has 0 bridgehead atoms. The van der Waals surface area contributed by atoms with E-state index in [0.29, 0.717) is 37.9 Å². The first-order valence-electron chi connectivity index (χ1n) is 11.3. The minimum absolute atomic E-state index is 0.119. The predicted octanol–water partition coefficient (Wildman–Crippen LogP) is 2.51. The third-order valence-corrected chi connectivity index (χ3v) is 7.67. The van der Waals surface area contributed by atoms with Gasteiger partial charge in [0, 0.05) is 31.2 Å². The summed E-state index contributed by atoms with van der Waals surface area (Å²) in [5, 5.41) is 5.66. The summed E-state index contributed by atoms with van der Waals surface area (Å²) in [6.07, 6.45) is 4.04. The Kier molecular flexibility index (Phi) is 8.84. The van der Waals surface area contributed by atoms with Gasteiger partial charge in [0.1, 0.15) is 5.75 Å². The Balaban J connectivity index is 1.62. The van der Waals surface area contributed by atoms with Crippen molar-refractivity contribution in [3.05, 3.63) is 72.3 Å². The van der Waals surface area contributed by atoms with E-state index in [1.807, 2.05) is 24.3 Å². The van der Waals surface area contributed by atoms with Crippen LogP contribution in [0.15, 0.2) is 66.1 Å². The molecule has 182 valence electrons. The lowest BCUT2D eigenvalue weighted by molar-refractivity contribution is -0.117. The third-order valence-electron chi connectivity index (χ3n) is 5.79. The van der Waals surface area contributed by atoms with Gasteiger partial charge >= 0.3 is 0 Å². The van der Waals surface area contributed by atoms with E-state index in [-0.39, 0.29) is 29.3 Å². The molecular formula is C25H31N3O5S. The van der Waals surface area contributed by atoms with Crippen LogP contribution in [0.1, 0.15) is 35.2 Å². The molecule has 1 aliphatic rings. The molecule has 1 aliphatic heterocycles. The van der Waals surface area contributed by atoms with Crippen molar-refractivity contribution in [1.82, 2.24) is 14.9 Å². The van der Waals surface area contributed by atoms with Gasteiger partial charge in [-0.1, -0.05) is 31.2 Å². The number of sulfonamides is 1. The highest BCUT2D eigenvalue weighted by Gasteiger charge is 2.29. The van der Waals surface area contributed by atoms with Crippen molar-refractivity contribution >= 4 is 21.8 Å². The molecular weight excluding hydrogens is 454 g/mol. The van der Waals surface area contributed by atoms with Crippen molar-refractivity contribution in [2.24, 2.45) is 0 Å². The van der Waals surface area contributed by atoms with E-state index >= 15 is 0 Å². The SMILES string of the molecule is C=CC(=O)NC1CCCCN(S(=O)(=O)c2ccc(C(=O)NCCc3ccccc3OC)cc2)C1. The summed E-state index contributed by atoms with van der Waals surface area (Å²) in [6.45, 7) is 4.45. The number of para-hydroxylation sites is 1. The Morgan fingerprint density at radius 1 is 1.15 bits per heavy atom. The van der Waals surface area contributed by atoms with Crippen molar-refractivity contribution in [2.75, 3.05) is 26.7 Å². The van der Waals surface area contributed by atoms with Crippen molar-refractivity contribution in [3.8, 4) is 5.75 Å². The number of nitrogens with one attached hydrogen (secondary N) is 2. The van der Waals surface area contributed by atoms with E-state index in [2.05, 4.69) is 17.2 Å². The van der Waals surface area contributed by atoms with Crippen LogP contribution >= 0.6 is 0 Å². The Morgan fingerprint density at radius 2 is 1.88 bits per heavy atom. The molecule has 1 saturated heterocycles. The monoisotopic (exact) mass is 485 g/mol. The van der Waals surface area contributed by atoms with Gasteiger partial charge in [0.15, 0.2) is 0 Å². The summed E-state index contributed by atoms with van der Waals surface area (Å²) in [7, 11) is -2.15. The summed E-state index contributed by atoms with van der Waals surface area (Å²) in [5.74, 6) is 0.178. The first-order valence-corrected chi connectivity index (χ1v) is 12.7. The van der Waals surface area contributed by atoms with E-state index in [0.717, 1.165) is 17.7 Å². The maximum atomic E-state index is 13.2. The average molecular weight is 486 g/mol. The second kappa shape index (κ2) is 11.8. The van der Waals surface area contributed by atoms with E-state index < -0.39 is 10.0 Å². The molecule has 2 aromatic carbocycles. The highest BCUT2D eigenvalue weighted by Crippen LogP contribution is 2.21. The number of carbonyl (C=O) groups is 2. The molecule has 8 nitrogen and oxygen atoms in total. The summed E-state index contributed by atoms with van der Waals surface area (Å²) in [4.78, 5) is 24.3. The minimum atomic E-state index is -3.75. The number of hydrogen-bond acceptors (Lipinski definition) is 5. The van der Waals surface area contributed by atoms with Crippen LogP contribution in [0.4, 0.5) is 0 Å². The topological polar surface area (TPSA) is 105 Å². The third kappa shape index (κ3) is 6.45. The Bertz CT molecular complexity index is 1120. The lowest BCUT2D eigenvalue weighted by Crippen LogP contribution is -2.44. The molecule has 2 N–H and O–H groups in total. The zero-order valence-electron chi connectivity index (χ0n) is 19.3. The molecule has 2 amide bonds. The lowest BCUT2D eigenvalue weighted by Gasteiger charge is -2.24. The summed E-state index contributed by atoms with van der Waals surface area (Å²) < 4.78 is 33.1. The number of amides is 2. The molecule has 9 heteroatoms. The van der Waals surface area contributed by atoms with Crippen LogP contribution < -0.4 is 15.4 Å². The number of hydrogen-bond donors (Lipinski definition) is 2. The van der Waals surface area contributed by atoms with Gasteiger partial charge in [-0.15, -0.1) is 0 Å². The number of nitrogens with zero attached hydrogens (tertiary/aromatic N) is 1. The Hall–Kier alpha value is -3.17. The average Bonchev–Trinajstić information content (AvgIpc) is 3.10. The molecule has 1 atom stereocenters. The van der Waals surface area contributed by atoms with Gasteiger partial charge < -0.3 is 15.4 Å². The summed E-state index contributed by atoms with van der Waals surface area (Å²) >= 11 is 0. The molecule has 1 fully saturated rings. The number of benzene rings is 2. The zero-order valence-corrected chi connectivity index (χ0v) is 20.1. The fourth-order valence-electron chi connectivity index (χ4n) is 3.95. The molecule has 2 aromatic rings. The minimum Gasteiger partial charge on any atom is -0.496 e. The van der Waals surface area contributed by atoms with Crippen molar-refractivity contribution in [2.45, 2.75) is 36.6 Å². The second-order valence-electron chi connectivity index (χ2n) is 8.11. The van der Waals surface area contributed by atoms with Gasteiger partial charge in [0.05, 0.1) is 12.0 Å². The first kappa shape index (κ1) is 25.5. The van der Waals surface area contributed by atoms with Gasteiger partial charge in [0.25, 0.3) is 5.91 Å². The molecule has 0 aliphatic carbocycles. The van der Waals surface area contributed by atoms with Crippen LogP contribution in [-0.4, -0.2) is 57.3 Å². The van der Waals surface area contributed by atoms with Crippen molar-refractivity contribution in [1.29, 1.82) is 0 Å². The smallest absolute Gasteiger partial charge is 0.251 e. The molecule has 34 heavy (non-hydrogen) atoms. The van der Waals surface area contributed by atoms with E-state index in [1.54, 1.807) is 7.11 Å². The van der Waals surface area contributed by atoms with Crippen molar-refractivity contribution in [3.63, 3.8) is 0 Å². The van der Waals surface area contributed by atoms with Gasteiger partial charge in [0.2, 0.25) is 15.9 Å². The first-order chi connectivity index (χ1) is 16.3. The largest absolute Gasteiger partial charge is 0.496 e. The van der Waals surface area contributed by atoms with Crippen LogP contribution in [0, 0.1) is 0 Å². The molecule has 1 unspecified atom stereocenters. The van der Waals surface area contributed by atoms with Crippen LogP contribution in [-0.2, 0) is 21.2 Å². The standard InChI is InChI=1S/C25H31N3O5S/c1-3-24(29)27-21-9-6-7-17-28(18-21)34(31,32)22-13-11-20(12-14-22)25(30)26-16-15-19-8-4-5-10-23(19)33-2/h3-5,8,10-14,21H,1,6-7,9,15-18H2,2H3,(H,26,30)(H,27,29). The fourth-order valence-corrected chi connectivity index (χ4v) is 5.48. The lowest BCUT2D eigenvalue weighted by atomic mass is 10.1. The summed E-state index contributed by atoms with van der Waals surface area (Å²) in [6, 6.07) is 13.3. The number of ether oxygens (including phenoxy) is 1. The maximum absolute atomic E-state index is 13.2. The van der Waals surface area contributed by atoms with Crippen LogP contribution in [0.2, 0.25) is 0 Å². The molecule has 3 rings (SSSR count). The number of methoxy groups -OCH3 is 1. The highest BCUT2D eigenvalue weighted by atomic mass is 32.2. The molecule has 0 spiro atoms. The normalized spacial score (nSPS) is 16.8. The van der Waals surface area contributed by atoms with Crippen LogP contribution in [0.5, 0.6) is 5.75 Å². The van der Waals surface area contributed by atoms with Crippen LogP contribution in [0.25, 0.3) is 0 Å².